The first kappa shape index (κ1) is 12.1. The average Bonchev–Trinajstić information content (AvgIpc) is 2.34. The highest BCUT2D eigenvalue weighted by molar-refractivity contribution is 5.92. The third kappa shape index (κ3) is 2.66. The lowest BCUT2D eigenvalue weighted by Crippen LogP contribution is -2.12. The number of aryl methyl sites for hydroxylation is 2. The molecule has 0 amide bonds. The standard InChI is InChI=1S/C14H15N3O/c1-9-3-4-11(7-10(9)2)18-12-5-6-13(14(15)16)17-8-12/h3-8H,1-2H3,(H3,15,16). The Morgan fingerprint density at radius 3 is 2.39 bits per heavy atom. The second kappa shape index (κ2) is 4.87. The van der Waals surface area contributed by atoms with Gasteiger partial charge in [-0.25, -0.2) is 4.98 Å². The number of rotatable bonds is 3. The van der Waals surface area contributed by atoms with Crippen LogP contribution in [0.2, 0.25) is 0 Å². The maximum absolute atomic E-state index is 7.25. The van der Waals surface area contributed by atoms with Crippen LogP contribution in [0.3, 0.4) is 0 Å². The summed E-state index contributed by atoms with van der Waals surface area (Å²) >= 11 is 0. The highest BCUT2D eigenvalue weighted by atomic mass is 16.5. The fourth-order valence-corrected chi connectivity index (χ4v) is 1.51. The van der Waals surface area contributed by atoms with Crippen LogP contribution in [0.25, 0.3) is 0 Å². The number of hydrogen-bond acceptors (Lipinski definition) is 3. The monoisotopic (exact) mass is 241 g/mol. The summed E-state index contributed by atoms with van der Waals surface area (Å²) < 4.78 is 5.68. The summed E-state index contributed by atoms with van der Waals surface area (Å²) in [7, 11) is 0. The zero-order valence-electron chi connectivity index (χ0n) is 10.4. The maximum atomic E-state index is 7.25. The van der Waals surface area contributed by atoms with E-state index in [1.54, 1.807) is 18.3 Å². The van der Waals surface area contributed by atoms with Gasteiger partial charge in [-0.05, 0) is 49.2 Å². The fraction of sp³-hybridized carbons (Fsp3) is 0.143. The Bertz CT molecular complexity index is 576. The van der Waals surface area contributed by atoms with Gasteiger partial charge in [0.05, 0.1) is 6.20 Å². The van der Waals surface area contributed by atoms with Crippen molar-refractivity contribution in [1.82, 2.24) is 4.98 Å². The Kier molecular flexibility index (Phi) is 3.28. The molecule has 2 aromatic rings. The van der Waals surface area contributed by atoms with Crippen LogP contribution >= 0.6 is 0 Å². The number of nitrogens with zero attached hydrogens (tertiary/aromatic N) is 1. The Morgan fingerprint density at radius 1 is 1.11 bits per heavy atom. The molecule has 1 aromatic carbocycles. The molecule has 4 heteroatoms. The van der Waals surface area contributed by atoms with Gasteiger partial charge in [-0.1, -0.05) is 6.07 Å². The van der Waals surface area contributed by atoms with Crippen molar-refractivity contribution in [2.24, 2.45) is 5.73 Å². The van der Waals surface area contributed by atoms with Gasteiger partial charge in [-0.3, -0.25) is 5.41 Å². The molecule has 3 N–H and O–H groups in total. The molecule has 0 aliphatic rings. The third-order valence-corrected chi connectivity index (χ3v) is 2.73. The van der Waals surface area contributed by atoms with Gasteiger partial charge in [-0.15, -0.1) is 0 Å². The zero-order valence-corrected chi connectivity index (χ0v) is 10.4. The van der Waals surface area contributed by atoms with Crippen LogP contribution < -0.4 is 10.5 Å². The molecule has 1 heterocycles. The maximum Gasteiger partial charge on any atom is 0.145 e. The minimum absolute atomic E-state index is 0.0484. The van der Waals surface area contributed by atoms with Crippen molar-refractivity contribution in [2.45, 2.75) is 13.8 Å². The Labute approximate surface area is 106 Å². The van der Waals surface area contributed by atoms with Gasteiger partial charge < -0.3 is 10.5 Å². The SMILES string of the molecule is Cc1ccc(Oc2ccc(C(=N)N)nc2)cc1C. The molecule has 18 heavy (non-hydrogen) atoms. The highest BCUT2D eigenvalue weighted by Crippen LogP contribution is 2.22. The van der Waals surface area contributed by atoms with Gasteiger partial charge in [-0.2, -0.15) is 0 Å². The molecular formula is C14H15N3O. The van der Waals surface area contributed by atoms with Gasteiger partial charge in [0.25, 0.3) is 0 Å². The summed E-state index contributed by atoms with van der Waals surface area (Å²) in [6, 6.07) is 9.33. The van der Waals surface area contributed by atoms with Crippen molar-refractivity contribution in [2.75, 3.05) is 0 Å². The molecule has 0 aliphatic heterocycles. The lowest BCUT2D eigenvalue weighted by atomic mass is 10.1. The second-order valence-electron chi connectivity index (χ2n) is 4.14. The number of nitrogen functional groups attached to an aromatic ring is 1. The number of nitrogens with one attached hydrogen (secondary N) is 1. The predicted octanol–water partition coefficient (Wildman–Crippen LogP) is 2.77. The van der Waals surface area contributed by atoms with E-state index in [2.05, 4.69) is 11.9 Å². The quantitative estimate of drug-likeness (QED) is 0.641. The number of aromatic nitrogens is 1. The molecular weight excluding hydrogens is 226 g/mol. The van der Waals surface area contributed by atoms with Crippen molar-refractivity contribution in [3.63, 3.8) is 0 Å². The molecule has 0 radical (unpaired) electrons. The summed E-state index contributed by atoms with van der Waals surface area (Å²) in [4.78, 5) is 4.04. The molecule has 0 atom stereocenters. The predicted molar refractivity (Wildman–Crippen MR) is 71.2 cm³/mol. The van der Waals surface area contributed by atoms with Crippen LogP contribution in [0.5, 0.6) is 11.5 Å². The third-order valence-electron chi connectivity index (χ3n) is 2.73. The number of benzene rings is 1. The molecule has 0 aliphatic carbocycles. The van der Waals surface area contributed by atoms with Gasteiger partial charge in [0, 0.05) is 0 Å². The molecule has 0 unspecified atom stereocenters. The molecule has 0 saturated heterocycles. The van der Waals surface area contributed by atoms with Crippen LogP contribution in [0.15, 0.2) is 36.5 Å². The molecule has 4 nitrogen and oxygen atoms in total. The van der Waals surface area contributed by atoms with Gasteiger partial charge >= 0.3 is 0 Å². The Hall–Kier alpha value is -2.36. The van der Waals surface area contributed by atoms with Gasteiger partial charge in [0.2, 0.25) is 0 Å². The first-order valence-electron chi connectivity index (χ1n) is 5.62. The van der Waals surface area contributed by atoms with Crippen LogP contribution in [0.1, 0.15) is 16.8 Å². The first-order chi connectivity index (χ1) is 8.56. The van der Waals surface area contributed by atoms with E-state index in [0.717, 1.165) is 5.75 Å². The van der Waals surface area contributed by atoms with Crippen molar-refractivity contribution in [3.05, 3.63) is 53.3 Å². The van der Waals surface area contributed by atoms with Crippen LogP contribution in [-0.4, -0.2) is 10.8 Å². The van der Waals surface area contributed by atoms with E-state index in [-0.39, 0.29) is 5.84 Å². The molecule has 2 rings (SSSR count). The normalized spacial score (nSPS) is 10.1. The van der Waals surface area contributed by atoms with E-state index in [1.807, 2.05) is 25.1 Å². The molecule has 0 spiro atoms. The molecule has 1 aromatic heterocycles. The van der Waals surface area contributed by atoms with Crippen molar-refractivity contribution in [1.29, 1.82) is 5.41 Å². The largest absolute Gasteiger partial charge is 0.456 e. The van der Waals surface area contributed by atoms with Crippen molar-refractivity contribution in [3.8, 4) is 11.5 Å². The van der Waals surface area contributed by atoms with Crippen molar-refractivity contribution >= 4 is 5.84 Å². The average molecular weight is 241 g/mol. The Morgan fingerprint density at radius 2 is 1.83 bits per heavy atom. The number of ether oxygens (including phenoxy) is 1. The van der Waals surface area contributed by atoms with E-state index in [0.29, 0.717) is 11.4 Å². The lowest BCUT2D eigenvalue weighted by Gasteiger charge is -2.08. The van der Waals surface area contributed by atoms with Crippen molar-refractivity contribution < 1.29 is 4.74 Å². The van der Waals surface area contributed by atoms with E-state index in [4.69, 9.17) is 15.9 Å². The van der Waals surface area contributed by atoms with Gasteiger partial charge in [0.15, 0.2) is 0 Å². The van der Waals surface area contributed by atoms with E-state index < -0.39 is 0 Å². The highest BCUT2D eigenvalue weighted by Gasteiger charge is 2.02. The zero-order chi connectivity index (χ0) is 13.1. The first-order valence-corrected chi connectivity index (χ1v) is 5.62. The minimum Gasteiger partial charge on any atom is -0.456 e. The summed E-state index contributed by atoms with van der Waals surface area (Å²) in [6.45, 7) is 4.10. The van der Waals surface area contributed by atoms with Crippen LogP contribution in [-0.2, 0) is 0 Å². The number of hydrogen-bond donors (Lipinski definition) is 2. The number of nitrogens with two attached hydrogens (primary N) is 1. The van der Waals surface area contributed by atoms with Gasteiger partial charge in [0.1, 0.15) is 23.0 Å². The van der Waals surface area contributed by atoms with Crippen LogP contribution in [0, 0.1) is 19.3 Å². The summed E-state index contributed by atoms with van der Waals surface area (Å²) in [5, 5.41) is 7.25. The summed E-state index contributed by atoms with van der Waals surface area (Å²) in [5.41, 5.74) is 8.19. The lowest BCUT2D eigenvalue weighted by molar-refractivity contribution is 0.479. The van der Waals surface area contributed by atoms with Crippen LogP contribution in [0.4, 0.5) is 0 Å². The molecule has 92 valence electrons. The molecule has 0 saturated carbocycles. The smallest absolute Gasteiger partial charge is 0.145 e. The number of amidine groups is 1. The topological polar surface area (TPSA) is 72.0 Å². The summed E-state index contributed by atoms with van der Waals surface area (Å²) in [6.07, 6.45) is 1.56. The summed E-state index contributed by atoms with van der Waals surface area (Å²) in [5.74, 6) is 1.35. The van der Waals surface area contributed by atoms with E-state index in [9.17, 15) is 0 Å². The fourth-order valence-electron chi connectivity index (χ4n) is 1.51. The second-order valence-corrected chi connectivity index (χ2v) is 4.14. The Balaban J connectivity index is 2.18. The van der Waals surface area contributed by atoms with E-state index in [1.165, 1.54) is 11.1 Å². The molecule has 0 bridgehead atoms. The van der Waals surface area contributed by atoms with E-state index >= 15 is 0 Å². The minimum atomic E-state index is -0.0484. The molecule has 0 fully saturated rings. The number of pyridine rings is 1.